The number of carbonyl (C=O) groups excluding carboxylic acids is 1. The summed E-state index contributed by atoms with van der Waals surface area (Å²) < 4.78 is 28.1. The van der Waals surface area contributed by atoms with Crippen molar-refractivity contribution in [2.24, 2.45) is 5.92 Å². The molecule has 8 heteroatoms. The topological polar surface area (TPSA) is 69.7 Å². The number of likely N-dealkylation sites (tertiary alicyclic amines) is 1. The molecule has 2 fully saturated rings. The molecule has 2 aliphatic heterocycles. The summed E-state index contributed by atoms with van der Waals surface area (Å²) in [6, 6.07) is 15.7. The van der Waals surface area contributed by atoms with Gasteiger partial charge in [0.15, 0.2) is 0 Å². The molecular weight excluding hydrogens is 514 g/mol. The number of piperidine rings is 2. The third kappa shape index (κ3) is 6.90. The van der Waals surface area contributed by atoms with Crippen molar-refractivity contribution in [2.45, 2.75) is 50.9 Å². The lowest BCUT2D eigenvalue weighted by Gasteiger charge is -2.31. The van der Waals surface area contributed by atoms with Gasteiger partial charge in [-0.2, -0.15) is 0 Å². The number of amides is 1. The van der Waals surface area contributed by atoms with E-state index in [4.69, 9.17) is 0 Å². The summed E-state index contributed by atoms with van der Waals surface area (Å²) in [5.41, 5.74) is 3.20. The number of sulfonamides is 1. The number of halogens is 1. The van der Waals surface area contributed by atoms with Gasteiger partial charge in [0.2, 0.25) is 15.9 Å². The molecule has 1 N–H and O–H groups in total. The highest BCUT2D eigenvalue weighted by Gasteiger charge is 2.31. The Kier molecular flexibility index (Phi) is 8.80. The molecule has 2 heterocycles. The molecule has 0 spiro atoms. The molecule has 0 saturated carbocycles. The fraction of sp³-hybridized carbons (Fsp3) is 0.500. The van der Waals surface area contributed by atoms with Crippen LogP contribution in [0.1, 0.15) is 48.8 Å². The zero-order valence-corrected chi connectivity index (χ0v) is 22.0. The van der Waals surface area contributed by atoms with E-state index in [9.17, 15) is 13.2 Å². The van der Waals surface area contributed by atoms with E-state index < -0.39 is 10.0 Å². The maximum atomic E-state index is 12.9. The first-order valence-electron chi connectivity index (χ1n) is 12.2. The Labute approximate surface area is 211 Å². The monoisotopic (exact) mass is 547 g/mol. The van der Waals surface area contributed by atoms with Gasteiger partial charge in [-0.05, 0) is 67.6 Å². The number of nitrogens with one attached hydrogen (secondary N) is 1. The standard InChI is InChI=1S/C26H34BrN3O3S/c27-25-10-6-7-21(17-25)20-34(32,33)30-15-11-22(12-16-30)26(31)28-18-23-8-2-3-9-24(23)19-29-13-4-1-5-14-29/h2-3,6-10,17,22H,1,4-5,11-16,18-20H2,(H,28,31). The van der Waals surface area contributed by atoms with Crippen LogP contribution in [0.2, 0.25) is 0 Å². The van der Waals surface area contributed by atoms with Gasteiger partial charge in [0.05, 0.1) is 5.75 Å². The summed E-state index contributed by atoms with van der Waals surface area (Å²) in [6.45, 7) is 4.51. The largest absolute Gasteiger partial charge is 0.352 e. The molecule has 2 aromatic carbocycles. The zero-order valence-electron chi connectivity index (χ0n) is 19.6. The van der Waals surface area contributed by atoms with Crippen molar-refractivity contribution in [1.29, 1.82) is 0 Å². The van der Waals surface area contributed by atoms with Gasteiger partial charge in [0.25, 0.3) is 0 Å². The summed E-state index contributed by atoms with van der Waals surface area (Å²) in [7, 11) is -3.40. The SMILES string of the molecule is O=C(NCc1ccccc1CN1CCCCC1)C1CCN(S(=O)(=O)Cc2cccc(Br)c2)CC1. The van der Waals surface area contributed by atoms with Crippen LogP contribution in [0, 0.1) is 5.92 Å². The van der Waals surface area contributed by atoms with Crippen LogP contribution in [0.4, 0.5) is 0 Å². The van der Waals surface area contributed by atoms with Crippen molar-refractivity contribution >= 4 is 31.9 Å². The molecule has 0 atom stereocenters. The second kappa shape index (κ2) is 11.8. The molecule has 0 aliphatic carbocycles. The van der Waals surface area contributed by atoms with E-state index in [1.165, 1.54) is 29.1 Å². The van der Waals surface area contributed by atoms with Crippen LogP contribution in [0.3, 0.4) is 0 Å². The Balaban J connectivity index is 1.27. The normalized spacial score (nSPS) is 18.6. The molecule has 0 bridgehead atoms. The van der Waals surface area contributed by atoms with Gasteiger partial charge in [-0.3, -0.25) is 9.69 Å². The van der Waals surface area contributed by atoms with E-state index in [0.29, 0.717) is 32.5 Å². The molecule has 6 nitrogen and oxygen atoms in total. The van der Waals surface area contributed by atoms with Gasteiger partial charge in [0, 0.05) is 36.6 Å². The fourth-order valence-corrected chi connectivity index (χ4v) is 6.89. The van der Waals surface area contributed by atoms with E-state index in [1.54, 1.807) is 0 Å². The van der Waals surface area contributed by atoms with Crippen molar-refractivity contribution in [1.82, 2.24) is 14.5 Å². The molecular formula is C26H34BrN3O3S. The molecule has 4 rings (SSSR count). The minimum atomic E-state index is -3.40. The number of carbonyl (C=O) groups is 1. The molecule has 34 heavy (non-hydrogen) atoms. The second-order valence-corrected chi connectivity index (χ2v) is 12.3. The van der Waals surface area contributed by atoms with Crippen LogP contribution in [-0.2, 0) is 33.7 Å². The number of rotatable bonds is 8. The van der Waals surface area contributed by atoms with Crippen molar-refractivity contribution in [3.63, 3.8) is 0 Å². The summed E-state index contributed by atoms with van der Waals surface area (Å²) >= 11 is 3.39. The van der Waals surface area contributed by atoms with Crippen LogP contribution in [0.5, 0.6) is 0 Å². The van der Waals surface area contributed by atoms with E-state index in [2.05, 4.69) is 44.3 Å². The maximum absolute atomic E-state index is 12.9. The van der Waals surface area contributed by atoms with E-state index in [1.807, 2.05) is 30.3 Å². The van der Waals surface area contributed by atoms with Crippen LogP contribution in [0.15, 0.2) is 53.0 Å². The Morgan fingerprint density at radius 3 is 2.35 bits per heavy atom. The lowest BCUT2D eigenvalue weighted by molar-refractivity contribution is -0.126. The Morgan fingerprint density at radius 1 is 0.941 bits per heavy atom. The highest BCUT2D eigenvalue weighted by Crippen LogP contribution is 2.23. The molecule has 2 aromatic rings. The first-order valence-corrected chi connectivity index (χ1v) is 14.6. The zero-order chi connectivity index (χ0) is 24.0. The van der Waals surface area contributed by atoms with Crippen molar-refractivity contribution in [3.05, 3.63) is 69.7 Å². The molecule has 0 radical (unpaired) electrons. The lowest BCUT2D eigenvalue weighted by atomic mass is 9.97. The molecule has 0 unspecified atom stereocenters. The van der Waals surface area contributed by atoms with Gasteiger partial charge in [0.1, 0.15) is 0 Å². The van der Waals surface area contributed by atoms with Crippen LogP contribution in [-0.4, -0.2) is 49.7 Å². The third-order valence-corrected chi connectivity index (χ3v) is 9.21. The second-order valence-electron chi connectivity index (χ2n) is 9.38. The predicted octanol–water partition coefficient (Wildman–Crippen LogP) is 4.29. The van der Waals surface area contributed by atoms with E-state index >= 15 is 0 Å². The van der Waals surface area contributed by atoms with Crippen molar-refractivity contribution in [3.8, 4) is 0 Å². The number of hydrogen-bond donors (Lipinski definition) is 1. The Hall–Kier alpha value is -1.74. The van der Waals surface area contributed by atoms with Gasteiger partial charge in [-0.15, -0.1) is 0 Å². The number of nitrogens with zero attached hydrogens (tertiary/aromatic N) is 2. The third-order valence-electron chi connectivity index (χ3n) is 6.87. The van der Waals surface area contributed by atoms with E-state index in [-0.39, 0.29) is 17.6 Å². The summed E-state index contributed by atoms with van der Waals surface area (Å²) in [4.78, 5) is 15.4. The van der Waals surface area contributed by atoms with Gasteiger partial charge in [-0.25, -0.2) is 12.7 Å². The van der Waals surface area contributed by atoms with Gasteiger partial charge >= 0.3 is 0 Å². The average molecular weight is 549 g/mol. The highest BCUT2D eigenvalue weighted by atomic mass is 79.9. The maximum Gasteiger partial charge on any atom is 0.223 e. The summed E-state index contributed by atoms with van der Waals surface area (Å²) in [6.07, 6.45) is 4.95. The van der Waals surface area contributed by atoms with E-state index in [0.717, 1.165) is 35.2 Å². The van der Waals surface area contributed by atoms with Crippen LogP contribution in [0.25, 0.3) is 0 Å². The lowest BCUT2D eigenvalue weighted by Crippen LogP contribution is -2.43. The highest BCUT2D eigenvalue weighted by molar-refractivity contribution is 9.10. The first kappa shape index (κ1) is 25.4. The molecule has 184 valence electrons. The quantitative estimate of drug-likeness (QED) is 0.535. The molecule has 0 aromatic heterocycles. The minimum absolute atomic E-state index is 0.0168. The summed E-state index contributed by atoms with van der Waals surface area (Å²) in [5, 5.41) is 3.12. The molecule has 2 saturated heterocycles. The van der Waals surface area contributed by atoms with Crippen LogP contribution < -0.4 is 5.32 Å². The number of hydrogen-bond acceptors (Lipinski definition) is 4. The van der Waals surface area contributed by atoms with Gasteiger partial charge in [-0.1, -0.05) is 58.7 Å². The predicted molar refractivity (Wildman–Crippen MR) is 138 cm³/mol. The van der Waals surface area contributed by atoms with Gasteiger partial charge < -0.3 is 5.32 Å². The fourth-order valence-electron chi connectivity index (χ4n) is 4.89. The Bertz CT molecular complexity index is 1080. The van der Waals surface area contributed by atoms with Crippen LogP contribution >= 0.6 is 15.9 Å². The smallest absolute Gasteiger partial charge is 0.223 e. The van der Waals surface area contributed by atoms with Crippen molar-refractivity contribution in [2.75, 3.05) is 26.2 Å². The first-order chi connectivity index (χ1) is 16.4. The Morgan fingerprint density at radius 2 is 1.65 bits per heavy atom. The minimum Gasteiger partial charge on any atom is -0.352 e. The average Bonchev–Trinajstić information content (AvgIpc) is 2.84. The molecule has 1 amide bonds. The molecule has 2 aliphatic rings. The number of benzene rings is 2. The summed E-state index contributed by atoms with van der Waals surface area (Å²) in [5.74, 6) is -0.139. The van der Waals surface area contributed by atoms with Crippen molar-refractivity contribution < 1.29 is 13.2 Å².